The average Bonchev–Trinajstić information content (AvgIpc) is 1.87. The first kappa shape index (κ1) is 11.1. The fraction of sp³-hybridized carbons (Fsp3) is 0. The number of benzene rings is 1. The van der Waals surface area contributed by atoms with Gasteiger partial charge in [0.25, 0.3) is 0 Å². The molecule has 5 heteroatoms. The summed E-state index contributed by atoms with van der Waals surface area (Å²) >= 11 is 0.810. The molecule has 0 saturated heterocycles. The van der Waals surface area contributed by atoms with Crippen LogP contribution < -0.4 is 3.07 Å². The van der Waals surface area contributed by atoms with Gasteiger partial charge in [-0.2, -0.15) is 0 Å². The van der Waals surface area contributed by atoms with Crippen molar-refractivity contribution in [3.63, 3.8) is 0 Å². The van der Waals surface area contributed by atoms with Crippen molar-refractivity contribution in [1.82, 2.24) is 0 Å². The quantitative estimate of drug-likeness (QED) is 0.521. The first-order valence-electron chi connectivity index (χ1n) is 3.04. The molecule has 3 nitrogen and oxygen atoms in total. The second-order valence-corrected chi connectivity index (χ2v) is 5.01. The monoisotopic (exact) mass is 341 g/mol. The zero-order valence-corrected chi connectivity index (χ0v) is 11.5. The van der Waals surface area contributed by atoms with Gasteiger partial charge in [0, 0.05) is 0 Å². The first-order valence-corrected chi connectivity index (χ1v) is 5.79. The average molecular weight is 340 g/mol. The maximum absolute atomic E-state index is 7.17. The van der Waals surface area contributed by atoms with Crippen LogP contribution >= 0.6 is 0 Å². The Morgan fingerprint density at radius 1 is 1.00 bits per heavy atom. The Morgan fingerprint density at radius 2 is 1.36 bits per heavy atom. The van der Waals surface area contributed by atoms with Crippen molar-refractivity contribution >= 4 is 10.4 Å². The van der Waals surface area contributed by atoms with E-state index in [1.165, 1.54) is 3.07 Å². The van der Waals surface area contributed by atoms with Crippen molar-refractivity contribution in [2.75, 3.05) is 0 Å². The summed E-state index contributed by atoms with van der Waals surface area (Å²) in [5, 5.41) is 21.5. The van der Waals surface area contributed by atoms with Crippen molar-refractivity contribution in [3.05, 3.63) is 30.3 Å². The Morgan fingerprint density at radius 3 is 1.55 bits per heavy atom. The third kappa shape index (κ3) is 10.1. The van der Waals surface area contributed by atoms with Crippen molar-refractivity contribution in [3.8, 4) is 0 Å². The van der Waals surface area contributed by atoms with E-state index in [0.29, 0.717) is 0 Å². The van der Waals surface area contributed by atoms with Gasteiger partial charge in [0.2, 0.25) is 0 Å². The van der Waals surface area contributed by atoms with E-state index >= 15 is 0 Å². The van der Waals surface area contributed by atoms with Crippen LogP contribution in [0.25, 0.3) is 0 Å². The van der Waals surface area contributed by atoms with Crippen LogP contribution in [-0.4, -0.2) is 22.4 Å². The molecule has 3 N–H and O–H groups in total. The van der Waals surface area contributed by atoms with E-state index in [-0.39, 0.29) is 0 Å². The summed E-state index contributed by atoms with van der Waals surface area (Å²) in [5.74, 6) is 0. The van der Waals surface area contributed by atoms with E-state index in [2.05, 4.69) is 30.3 Å². The minimum atomic E-state index is -2.17. The summed E-state index contributed by atoms with van der Waals surface area (Å²) in [6.45, 7) is 0. The molecule has 0 aliphatic rings. The van der Waals surface area contributed by atoms with Crippen LogP contribution in [0.5, 0.6) is 0 Å². The van der Waals surface area contributed by atoms with Gasteiger partial charge in [0.15, 0.2) is 0 Å². The van der Waals surface area contributed by atoms with E-state index < -0.39 is 7.32 Å². The topological polar surface area (TPSA) is 60.7 Å². The molecular formula is C6H8BHgO3+. The van der Waals surface area contributed by atoms with Crippen LogP contribution in [0, 0.1) is 0 Å². The Hall–Kier alpha value is 0.1000. The molecule has 0 bridgehead atoms. The van der Waals surface area contributed by atoms with Gasteiger partial charge in [-0.05, 0) is 0 Å². The van der Waals surface area contributed by atoms with Gasteiger partial charge >= 0.3 is 66.8 Å². The van der Waals surface area contributed by atoms with Gasteiger partial charge in [0.05, 0.1) is 0 Å². The SMILES string of the molecule is OB(O)O.[Hg+][c]1ccccc1. The van der Waals surface area contributed by atoms with Gasteiger partial charge in [-0.15, -0.1) is 0 Å². The fourth-order valence-electron chi connectivity index (χ4n) is 0.478. The number of hydrogen-bond acceptors (Lipinski definition) is 3. The van der Waals surface area contributed by atoms with E-state index in [0.717, 1.165) is 26.1 Å². The van der Waals surface area contributed by atoms with Crippen molar-refractivity contribution in [1.29, 1.82) is 0 Å². The summed E-state index contributed by atoms with van der Waals surface area (Å²) in [5.41, 5.74) is 0. The van der Waals surface area contributed by atoms with E-state index in [4.69, 9.17) is 15.1 Å². The van der Waals surface area contributed by atoms with Crippen LogP contribution in [0.3, 0.4) is 0 Å². The molecule has 0 fully saturated rings. The van der Waals surface area contributed by atoms with Crippen LogP contribution in [-0.2, 0) is 26.1 Å². The standard InChI is InChI=1S/C6H5.BH3O3.Hg/c1-2-4-6-5-3-1;2-1(3)4;/h1-5H;2-4H;/q;;+1. The van der Waals surface area contributed by atoms with Gasteiger partial charge < -0.3 is 15.1 Å². The number of hydrogen-bond donors (Lipinski definition) is 3. The molecule has 0 aliphatic heterocycles. The number of rotatable bonds is 0. The molecule has 54 valence electrons. The van der Waals surface area contributed by atoms with Gasteiger partial charge in [-0.25, -0.2) is 0 Å². The summed E-state index contributed by atoms with van der Waals surface area (Å²) < 4.78 is 1.52. The Labute approximate surface area is 81.8 Å². The Kier molecular flexibility index (Phi) is 6.85. The molecule has 0 heterocycles. The third-order valence-corrected chi connectivity index (χ3v) is 2.68. The van der Waals surface area contributed by atoms with Gasteiger partial charge in [0.1, 0.15) is 0 Å². The summed E-state index contributed by atoms with van der Waals surface area (Å²) in [4.78, 5) is 0. The second kappa shape index (κ2) is 6.79. The Balaban J connectivity index is 0.000000218. The fourth-order valence-corrected chi connectivity index (χ4v) is 1.54. The van der Waals surface area contributed by atoms with E-state index in [1.807, 2.05) is 0 Å². The summed E-state index contributed by atoms with van der Waals surface area (Å²) in [7, 11) is -2.17. The van der Waals surface area contributed by atoms with Gasteiger partial charge in [-0.1, -0.05) is 0 Å². The Bertz CT molecular complexity index is 178. The normalized spacial score (nSPS) is 8.09. The molecule has 0 radical (unpaired) electrons. The van der Waals surface area contributed by atoms with Crippen LogP contribution in [0.15, 0.2) is 30.3 Å². The first-order chi connectivity index (χ1) is 5.13. The molecule has 1 aromatic rings. The molecule has 0 unspecified atom stereocenters. The second-order valence-electron chi connectivity index (χ2n) is 1.83. The zero-order valence-electron chi connectivity index (χ0n) is 6.01. The minimum absolute atomic E-state index is 0.810. The van der Waals surface area contributed by atoms with Crippen molar-refractivity contribution < 1.29 is 41.2 Å². The molecular weight excluding hydrogens is 331 g/mol. The summed E-state index contributed by atoms with van der Waals surface area (Å²) in [6, 6.07) is 10.6. The van der Waals surface area contributed by atoms with Crippen LogP contribution in [0.4, 0.5) is 0 Å². The molecule has 1 rings (SSSR count). The zero-order chi connectivity index (χ0) is 8.69. The van der Waals surface area contributed by atoms with Crippen molar-refractivity contribution in [2.24, 2.45) is 0 Å². The van der Waals surface area contributed by atoms with Crippen LogP contribution in [0.1, 0.15) is 0 Å². The summed E-state index contributed by atoms with van der Waals surface area (Å²) in [6.07, 6.45) is 0. The third-order valence-electron chi connectivity index (χ3n) is 0.843. The predicted octanol–water partition coefficient (Wildman–Crippen LogP) is -1.19. The molecule has 0 atom stereocenters. The molecule has 0 aliphatic carbocycles. The maximum atomic E-state index is 7.17. The molecule has 0 saturated carbocycles. The van der Waals surface area contributed by atoms with Crippen LogP contribution in [0.2, 0.25) is 0 Å². The molecule has 1 aromatic carbocycles. The van der Waals surface area contributed by atoms with Gasteiger partial charge in [-0.3, -0.25) is 0 Å². The molecule has 0 amide bonds. The molecule has 0 aromatic heterocycles. The van der Waals surface area contributed by atoms with Crippen molar-refractivity contribution in [2.45, 2.75) is 0 Å². The van der Waals surface area contributed by atoms with E-state index in [9.17, 15) is 0 Å². The predicted molar refractivity (Wildman–Crippen MR) is 38.5 cm³/mol. The van der Waals surface area contributed by atoms with E-state index in [1.54, 1.807) is 0 Å². The molecule has 0 spiro atoms. The molecule has 11 heavy (non-hydrogen) atoms.